The predicted octanol–water partition coefficient (Wildman–Crippen LogP) is 3.08. The van der Waals surface area contributed by atoms with Crippen molar-refractivity contribution in [3.8, 4) is 0 Å². The fraction of sp³-hybridized carbons (Fsp3) is 0.500. The number of aryl methyl sites for hydroxylation is 3. The molecule has 0 atom stereocenters. The number of alkyl halides is 1. The lowest BCUT2D eigenvalue weighted by Crippen LogP contribution is -2.42. The van der Waals surface area contributed by atoms with Crippen molar-refractivity contribution < 1.29 is 4.74 Å². The van der Waals surface area contributed by atoms with Crippen molar-refractivity contribution >= 4 is 11.6 Å². The smallest absolute Gasteiger partial charge is 0.116 e. The summed E-state index contributed by atoms with van der Waals surface area (Å²) in [6.45, 7) is 7.64. The van der Waals surface area contributed by atoms with Gasteiger partial charge in [0.1, 0.15) is 4.87 Å². The zero-order chi connectivity index (χ0) is 10.3. The molecule has 0 saturated carbocycles. The molecule has 0 radical (unpaired) electrons. The molecular formula is C12H15ClO. The lowest BCUT2D eigenvalue weighted by molar-refractivity contribution is -0.0155. The van der Waals surface area contributed by atoms with Gasteiger partial charge in [-0.25, -0.2) is 0 Å². The Bertz CT molecular complexity index is 367. The van der Waals surface area contributed by atoms with Crippen LogP contribution in [0, 0.1) is 20.8 Å². The van der Waals surface area contributed by atoms with E-state index >= 15 is 0 Å². The number of hydrogen-bond donors (Lipinski definition) is 0. The fourth-order valence-electron chi connectivity index (χ4n) is 1.88. The Morgan fingerprint density at radius 3 is 2.14 bits per heavy atom. The first-order valence-corrected chi connectivity index (χ1v) is 5.26. The highest BCUT2D eigenvalue weighted by atomic mass is 35.5. The molecule has 2 heteroatoms. The normalized spacial score (nSPS) is 19.1. The van der Waals surface area contributed by atoms with Crippen LogP contribution in [0.25, 0.3) is 0 Å². The summed E-state index contributed by atoms with van der Waals surface area (Å²) in [7, 11) is 0. The molecule has 0 unspecified atom stereocenters. The SMILES string of the molecule is Cc1cc(C)c(C2(Cl)COC2)cc1C. The van der Waals surface area contributed by atoms with Crippen LogP contribution in [0.2, 0.25) is 0 Å². The van der Waals surface area contributed by atoms with E-state index < -0.39 is 0 Å². The van der Waals surface area contributed by atoms with Gasteiger partial charge < -0.3 is 4.74 Å². The summed E-state index contributed by atoms with van der Waals surface area (Å²) in [5.41, 5.74) is 5.13. The van der Waals surface area contributed by atoms with Crippen molar-refractivity contribution in [1.29, 1.82) is 0 Å². The molecule has 1 heterocycles. The van der Waals surface area contributed by atoms with Crippen molar-refractivity contribution in [1.82, 2.24) is 0 Å². The molecule has 1 fully saturated rings. The van der Waals surface area contributed by atoms with E-state index in [9.17, 15) is 0 Å². The highest BCUT2D eigenvalue weighted by molar-refractivity contribution is 6.24. The highest BCUT2D eigenvalue weighted by Gasteiger charge is 2.39. The molecule has 0 amide bonds. The second kappa shape index (κ2) is 3.25. The van der Waals surface area contributed by atoms with Gasteiger partial charge in [0.05, 0.1) is 13.2 Å². The fourth-order valence-corrected chi connectivity index (χ4v) is 2.24. The predicted molar refractivity (Wildman–Crippen MR) is 59.0 cm³/mol. The minimum absolute atomic E-state index is 0.261. The van der Waals surface area contributed by atoms with Crippen LogP contribution in [-0.4, -0.2) is 13.2 Å². The molecule has 2 rings (SSSR count). The van der Waals surface area contributed by atoms with Crippen LogP contribution in [-0.2, 0) is 9.61 Å². The van der Waals surface area contributed by atoms with Gasteiger partial charge in [-0.15, -0.1) is 11.6 Å². The Morgan fingerprint density at radius 1 is 1.07 bits per heavy atom. The maximum Gasteiger partial charge on any atom is 0.116 e. The standard InChI is InChI=1S/C12H15ClO/c1-8-4-10(3)11(5-9(8)2)12(13)6-14-7-12/h4-5H,6-7H2,1-3H3. The monoisotopic (exact) mass is 210 g/mol. The van der Waals surface area contributed by atoms with E-state index in [2.05, 4.69) is 32.9 Å². The van der Waals surface area contributed by atoms with Gasteiger partial charge in [0.25, 0.3) is 0 Å². The van der Waals surface area contributed by atoms with Crippen LogP contribution in [0.3, 0.4) is 0 Å². The summed E-state index contributed by atoms with van der Waals surface area (Å²) >= 11 is 6.44. The summed E-state index contributed by atoms with van der Waals surface area (Å²) < 4.78 is 5.19. The Labute approximate surface area is 90.0 Å². The molecule has 0 aromatic heterocycles. The van der Waals surface area contributed by atoms with Crippen molar-refractivity contribution in [2.45, 2.75) is 25.6 Å². The van der Waals surface area contributed by atoms with E-state index in [4.69, 9.17) is 16.3 Å². The summed E-state index contributed by atoms with van der Waals surface area (Å²) in [5.74, 6) is 0. The topological polar surface area (TPSA) is 9.23 Å². The van der Waals surface area contributed by atoms with Gasteiger partial charge in [-0.2, -0.15) is 0 Å². The molecule has 1 nitrogen and oxygen atoms in total. The first-order chi connectivity index (χ1) is 6.53. The van der Waals surface area contributed by atoms with Crippen molar-refractivity contribution in [3.05, 3.63) is 34.4 Å². The zero-order valence-corrected chi connectivity index (χ0v) is 9.61. The molecule has 0 N–H and O–H groups in total. The molecule has 0 bridgehead atoms. The molecule has 1 saturated heterocycles. The zero-order valence-electron chi connectivity index (χ0n) is 8.86. The molecule has 1 aliphatic rings. The molecular weight excluding hydrogens is 196 g/mol. The van der Waals surface area contributed by atoms with Crippen LogP contribution in [0.5, 0.6) is 0 Å². The summed E-state index contributed by atoms with van der Waals surface area (Å²) in [5, 5.41) is 0. The quantitative estimate of drug-likeness (QED) is 0.648. The molecule has 0 spiro atoms. The van der Waals surface area contributed by atoms with E-state index in [-0.39, 0.29) is 4.87 Å². The van der Waals surface area contributed by atoms with Gasteiger partial charge in [-0.05, 0) is 43.0 Å². The molecule has 0 aliphatic carbocycles. The van der Waals surface area contributed by atoms with E-state index in [1.54, 1.807) is 0 Å². The van der Waals surface area contributed by atoms with Crippen molar-refractivity contribution in [2.75, 3.05) is 13.2 Å². The maximum absolute atomic E-state index is 6.44. The van der Waals surface area contributed by atoms with Gasteiger partial charge in [-0.3, -0.25) is 0 Å². The van der Waals surface area contributed by atoms with Crippen LogP contribution < -0.4 is 0 Å². The Balaban J connectivity index is 2.48. The molecule has 14 heavy (non-hydrogen) atoms. The number of benzene rings is 1. The van der Waals surface area contributed by atoms with E-state index in [1.165, 1.54) is 22.3 Å². The summed E-state index contributed by atoms with van der Waals surface area (Å²) in [6, 6.07) is 4.40. The van der Waals surface area contributed by atoms with Crippen LogP contribution in [0.1, 0.15) is 22.3 Å². The van der Waals surface area contributed by atoms with Crippen molar-refractivity contribution in [2.24, 2.45) is 0 Å². The maximum atomic E-state index is 6.44. The highest BCUT2D eigenvalue weighted by Crippen LogP contribution is 2.39. The van der Waals surface area contributed by atoms with E-state index in [0.29, 0.717) is 13.2 Å². The molecule has 1 aromatic carbocycles. The molecule has 76 valence electrons. The number of rotatable bonds is 1. The molecule has 1 aromatic rings. The second-order valence-electron chi connectivity index (χ2n) is 4.21. The van der Waals surface area contributed by atoms with Gasteiger partial charge in [0.15, 0.2) is 0 Å². The van der Waals surface area contributed by atoms with Gasteiger partial charge in [0.2, 0.25) is 0 Å². The van der Waals surface area contributed by atoms with Gasteiger partial charge in [0, 0.05) is 0 Å². The van der Waals surface area contributed by atoms with Crippen LogP contribution in [0.4, 0.5) is 0 Å². The number of hydrogen-bond acceptors (Lipinski definition) is 1. The van der Waals surface area contributed by atoms with Crippen LogP contribution >= 0.6 is 11.6 Å². The average molecular weight is 211 g/mol. The molecule has 1 aliphatic heterocycles. The first-order valence-electron chi connectivity index (χ1n) is 4.88. The van der Waals surface area contributed by atoms with Crippen LogP contribution in [0.15, 0.2) is 12.1 Å². The summed E-state index contributed by atoms with van der Waals surface area (Å²) in [6.07, 6.45) is 0. The Hall–Kier alpha value is -0.530. The number of halogens is 1. The van der Waals surface area contributed by atoms with E-state index in [1.807, 2.05) is 0 Å². The average Bonchev–Trinajstić information content (AvgIpc) is 2.07. The lowest BCUT2D eigenvalue weighted by Gasteiger charge is -2.37. The van der Waals surface area contributed by atoms with Gasteiger partial charge >= 0.3 is 0 Å². The lowest BCUT2D eigenvalue weighted by atomic mass is 9.89. The largest absolute Gasteiger partial charge is 0.377 e. The first kappa shape index (κ1) is 10.0. The Morgan fingerprint density at radius 2 is 1.64 bits per heavy atom. The third-order valence-electron chi connectivity index (χ3n) is 2.99. The van der Waals surface area contributed by atoms with Gasteiger partial charge in [-0.1, -0.05) is 12.1 Å². The number of ether oxygens (including phenoxy) is 1. The Kier molecular flexibility index (Phi) is 2.32. The minimum atomic E-state index is -0.261. The summed E-state index contributed by atoms with van der Waals surface area (Å²) in [4.78, 5) is -0.261. The van der Waals surface area contributed by atoms with E-state index in [0.717, 1.165) is 0 Å². The second-order valence-corrected chi connectivity index (χ2v) is 4.93. The van der Waals surface area contributed by atoms with Crippen molar-refractivity contribution in [3.63, 3.8) is 0 Å². The third kappa shape index (κ3) is 1.45. The minimum Gasteiger partial charge on any atom is -0.377 e. The third-order valence-corrected chi connectivity index (χ3v) is 3.41.